The second-order valence-electron chi connectivity index (χ2n) is 5.88. The molecule has 1 fully saturated rings. The van der Waals surface area contributed by atoms with Crippen LogP contribution in [-0.4, -0.2) is 32.3 Å². The van der Waals surface area contributed by atoms with E-state index in [0.717, 1.165) is 0 Å². The first-order chi connectivity index (χ1) is 12.8. The highest BCUT2D eigenvalue weighted by atomic mass is 35.5. The minimum absolute atomic E-state index is 0.153. The molecule has 142 valence electrons. The van der Waals surface area contributed by atoms with Crippen molar-refractivity contribution in [2.24, 2.45) is 0 Å². The van der Waals surface area contributed by atoms with Crippen molar-refractivity contribution in [3.8, 4) is 0 Å². The van der Waals surface area contributed by atoms with E-state index in [9.17, 15) is 19.5 Å². The maximum absolute atomic E-state index is 12.2. The number of rotatable bonds is 4. The number of amides is 1. The van der Waals surface area contributed by atoms with E-state index in [-0.39, 0.29) is 17.3 Å². The lowest BCUT2D eigenvalue weighted by Gasteiger charge is -2.18. The van der Waals surface area contributed by atoms with Crippen LogP contribution in [0, 0.1) is 6.92 Å². The number of carboxylic acids is 1. The summed E-state index contributed by atoms with van der Waals surface area (Å²) < 4.78 is 7.27. The number of benzene rings is 1. The average molecular weight is 410 g/mol. The number of carbonyl (C=O) groups excluding carboxylic acids is 1. The molecule has 27 heavy (non-hydrogen) atoms. The molecule has 1 saturated heterocycles. The molecule has 1 aromatic heterocycles. The SMILES string of the molecule is CC(=O)Nc1ccn([C@@H]2CS[C@H](c3c(Cl)ccc(C(=O)O)c3C)O2)c(=O)n1. The Kier molecular flexibility index (Phi) is 5.54. The molecular formula is C17H16ClN3O5S. The zero-order valence-electron chi connectivity index (χ0n) is 14.4. The van der Waals surface area contributed by atoms with Gasteiger partial charge in [0.25, 0.3) is 0 Å². The number of thioether (sulfide) groups is 1. The molecular weight excluding hydrogens is 394 g/mol. The molecule has 0 saturated carbocycles. The Labute approximate surface area is 163 Å². The van der Waals surface area contributed by atoms with Gasteiger partial charge < -0.3 is 15.2 Å². The van der Waals surface area contributed by atoms with E-state index in [1.807, 2.05) is 0 Å². The number of anilines is 1. The first-order valence-corrected chi connectivity index (χ1v) is 9.36. The first-order valence-electron chi connectivity index (χ1n) is 7.94. The van der Waals surface area contributed by atoms with Gasteiger partial charge >= 0.3 is 11.7 Å². The first kappa shape index (κ1) is 19.4. The van der Waals surface area contributed by atoms with Crippen molar-refractivity contribution in [3.05, 3.63) is 56.6 Å². The number of carbonyl (C=O) groups is 2. The van der Waals surface area contributed by atoms with Crippen LogP contribution >= 0.6 is 23.4 Å². The second-order valence-corrected chi connectivity index (χ2v) is 7.38. The topological polar surface area (TPSA) is 111 Å². The minimum atomic E-state index is -1.04. The standard InChI is InChI=1S/C17H16ClN3O5S/c1-8-10(15(23)24)3-4-11(18)14(8)16-26-13(7-27-16)21-6-5-12(19-9(2)22)20-17(21)25/h3-6,13,16H,7H2,1-2H3,(H,23,24)(H,19,20,22,25)/t13-,16+/m0/s1. The predicted molar refractivity (Wildman–Crippen MR) is 101 cm³/mol. The number of hydrogen-bond donors (Lipinski definition) is 2. The molecule has 3 rings (SSSR count). The van der Waals surface area contributed by atoms with Crippen LogP contribution in [0.5, 0.6) is 0 Å². The Morgan fingerprint density at radius 3 is 2.78 bits per heavy atom. The Bertz CT molecular complexity index is 978. The van der Waals surface area contributed by atoms with E-state index < -0.39 is 23.3 Å². The Balaban J connectivity index is 1.86. The lowest BCUT2D eigenvalue weighted by molar-refractivity contribution is -0.114. The quantitative estimate of drug-likeness (QED) is 0.798. The van der Waals surface area contributed by atoms with Crippen molar-refractivity contribution in [2.45, 2.75) is 25.5 Å². The monoisotopic (exact) mass is 409 g/mol. The number of aromatic carboxylic acids is 1. The summed E-state index contributed by atoms with van der Waals surface area (Å²) in [6, 6.07) is 4.49. The summed E-state index contributed by atoms with van der Waals surface area (Å²) in [6.45, 7) is 3.00. The lowest BCUT2D eigenvalue weighted by Crippen LogP contribution is -2.28. The van der Waals surface area contributed by atoms with Gasteiger partial charge in [-0.2, -0.15) is 4.98 Å². The zero-order chi connectivity index (χ0) is 19.7. The molecule has 0 radical (unpaired) electrons. The van der Waals surface area contributed by atoms with Gasteiger partial charge in [-0.15, -0.1) is 11.8 Å². The minimum Gasteiger partial charge on any atom is -0.478 e. The zero-order valence-corrected chi connectivity index (χ0v) is 16.0. The van der Waals surface area contributed by atoms with Crippen LogP contribution in [0.3, 0.4) is 0 Å². The van der Waals surface area contributed by atoms with Gasteiger partial charge in [0.15, 0.2) is 0 Å². The summed E-state index contributed by atoms with van der Waals surface area (Å²) >= 11 is 7.69. The van der Waals surface area contributed by atoms with Crippen molar-refractivity contribution < 1.29 is 19.4 Å². The average Bonchev–Trinajstić information content (AvgIpc) is 3.03. The smallest absolute Gasteiger partial charge is 0.351 e. The van der Waals surface area contributed by atoms with E-state index in [0.29, 0.717) is 21.9 Å². The van der Waals surface area contributed by atoms with Crippen LogP contribution in [0.2, 0.25) is 5.02 Å². The van der Waals surface area contributed by atoms with Crippen molar-refractivity contribution in [3.63, 3.8) is 0 Å². The number of nitrogens with one attached hydrogen (secondary N) is 1. The van der Waals surface area contributed by atoms with E-state index in [1.54, 1.807) is 6.92 Å². The van der Waals surface area contributed by atoms with Gasteiger partial charge in [-0.05, 0) is 30.7 Å². The molecule has 1 amide bonds. The summed E-state index contributed by atoms with van der Waals surface area (Å²) in [5.41, 5.74) is 0.193. The van der Waals surface area contributed by atoms with Crippen molar-refractivity contribution in [1.82, 2.24) is 9.55 Å². The van der Waals surface area contributed by atoms with Crippen LogP contribution in [0.4, 0.5) is 5.82 Å². The van der Waals surface area contributed by atoms with Crippen LogP contribution in [0.15, 0.2) is 29.2 Å². The van der Waals surface area contributed by atoms with Gasteiger partial charge in [-0.1, -0.05) is 11.6 Å². The molecule has 0 spiro atoms. The van der Waals surface area contributed by atoms with Crippen LogP contribution < -0.4 is 11.0 Å². The molecule has 1 aliphatic rings. The third kappa shape index (κ3) is 4.00. The summed E-state index contributed by atoms with van der Waals surface area (Å²) in [7, 11) is 0. The maximum atomic E-state index is 12.2. The van der Waals surface area contributed by atoms with Crippen molar-refractivity contribution >= 4 is 41.1 Å². The molecule has 2 N–H and O–H groups in total. The van der Waals surface area contributed by atoms with Gasteiger partial charge in [0.2, 0.25) is 5.91 Å². The molecule has 8 nitrogen and oxygen atoms in total. The number of ether oxygens (including phenoxy) is 1. The van der Waals surface area contributed by atoms with E-state index in [4.69, 9.17) is 16.3 Å². The number of hydrogen-bond acceptors (Lipinski definition) is 6. The fourth-order valence-corrected chi connectivity index (χ4v) is 4.41. The number of aromatic nitrogens is 2. The lowest BCUT2D eigenvalue weighted by atomic mass is 10.0. The van der Waals surface area contributed by atoms with Gasteiger partial charge in [0, 0.05) is 29.5 Å². The van der Waals surface area contributed by atoms with E-state index in [2.05, 4.69) is 10.3 Å². The molecule has 0 bridgehead atoms. The molecule has 10 heteroatoms. The summed E-state index contributed by atoms with van der Waals surface area (Å²) in [5.74, 6) is -0.743. The number of nitrogens with zero attached hydrogens (tertiary/aromatic N) is 2. The highest BCUT2D eigenvalue weighted by Gasteiger charge is 2.32. The number of halogens is 1. The highest BCUT2D eigenvalue weighted by molar-refractivity contribution is 7.99. The third-order valence-electron chi connectivity index (χ3n) is 4.04. The van der Waals surface area contributed by atoms with E-state index >= 15 is 0 Å². The third-order valence-corrected chi connectivity index (χ3v) is 5.50. The second kappa shape index (κ2) is 7.71. The Morgan fingerprint density at radius 1 is 1.41 bits per heavy atom. The van der Waals surface area contributed by atoms with E-state index in [1.165, 1.54) is 47.6 Å². The van der Waals surface area contributed by atoms with Crippen LogP contribution in [-0.2, 0) is 9.53 Å². The number of carboxylic acid groups (broad SMARTS) is 1. The van der Waals surface area contributed by atoms with Crippen molar-refractivity contribution in [2.75, 3.05) is 11.1 Å². The molecule has 2 aromatic rings. The van der Waals surface area contributed by atoms with Gasteiger partial charge in [0.1, 0.15) is 17.5 Å². The van der Waals surface area contributed by atoms with Crippen LogP contribution in [0.1, 0.15) is 40.1 Å². The molecule has 0 unspecified atom stereocenters. The van der Waals surface area contributed by atoms with Gasteiger partial charge in [-0.3, -0.25) is 9.36 Å². The Morgan fingerprint density at radius 2 is 2.15 bits per heavy atom. The molecule has 1 aliphatic heterocycles. The van der Waals surface area contributed by atoms with Crippen molar-refractivity contribution in [1.29, 1.82) is 0 Å². The largest absolute Gasteiger partial charge is 0.478 e. The van der Waals surface area contributed by atoms with Crippen LogP contribution in [0.25, 0.3) is 0 Å². The summed E-state index contributed by atoms with van der Waals surface area (Å²) in [5, 5.41) is 12.2. The highest BCUT2D eigenvalue weighted by Crippen LogP contribution is 2.46. The molecule has 0 aliphatic carbocycles. The molecule has 1 aromatic carbocycles. The fraction of sp³-hybridized carbons (Fsp3) is 0.294. The summed E-state index contributed by atoms with van der Waals surface area (Å²) in [4.78, 5) is 38.5. The molecule has 2 heterocycles. The maximum Gasteiger partial charge on any atom is 0.351 e. The van der Waals surface area contributed by atoms with Gasteiger partial charge in [-0.25, -0.2) is 9.59 Å². The Hall–Kier alpha value is -2.36. The van der Waals surface area contributed by atoms with Gasteiger partial charge in [0.05, 0.1) is 5.56 Å². The summed E-state index contributed by atoms with van der Waals surface area (Å²) in [6.07, 6.45) is 0.909. The normalized spacial score (nSPS) is 19.1. The predicted octanol–water partition coefficient (Wildman–Crippen LogP) is 2.82. The fourth-order valence-electron chi connectivity index (χ4n) is 2.79. The molecule has 2 atom stereocenters.